The highest BCUT2D eigenvalue weighted by atomic mass is 16.4. The van der Waals surface area contributed by atoms with E-state index in [-0.39, 0.29) is 17.2 Å². The maximum absolute atomic E-state index is 12.0. The predicted octanol–water partition coefficient (Wildman–Crippen LogP) is 2.12. The molecule has 1 aromatic heterocycles. The Labute approximate surface area is 125 Å². The maximum atomic E-state index is 12.0. The number of aliphatic carboxylic acids is 1. The fourth-order valence-corrected chi connectivity index (χ4v) is 2.53. The fraction of sp³-hybridized carbons (Fsp3) is 0.667. The minimum absolute atomic E-state index is 0.148. The monoisotopic (exact) mass is 295 g/mol. The van der Waals surface area contributed by atoms with Gasteiger partial charge in [-0.2, -0.15) is 5.10 Å². The van der Waals surface area contributed by atoms with Gasteiger partial charge in [0.2, 0.25) is 5.91 Å². The normalized spacial score (nSPS) is 14.5. The van der Waals surface area contributed by atoms with Crippen LogP contribution in [0.25, 0.3) is 0 Å². The van der Waals surface area contributed by atoms with Gasteiger partial charge in [0, 0.05) is 25.2 Å². The van der Waals surface area contributed by atoms with Crippen LogP contribution in [0.4, 0.5) is 0 Å². The fourth-order valence-electron chi connectivity index (χ4n) is 2.53. The SMILES string of the molecule is CC(CC(=O)NC(C(=O)O)c1cnn(C)c1)CC(C)(C)C. The lowest BCUT2D eigenvalue weighted by Crippen LogP contribution is -2.34. The second-order valence-corrected chi connectivity index (χ2v) is 6.86. The molecular weight excluding hydrogens is 270 g/mol. The molecule has 0 aromatic carbocycles. The Kier molecular flexibility index (Phi) is 5.52. The topological polar surface area (TPSA) is 84.2 Å². The van der Waals surface area contributed by atoms with Gasteiger partial charge in [-0.15, -0.1) is 0 Å². The van der Waals surface area contributed by atoms with Crippen LogP contribution in [0.3, 0.4) is 0 Å². The van der Waals surface area contributed by atoms with Gasteiger partial charge in [-0.1, -0.05) is 27.7 Å². The Morgan fingerprint density at radius 1 is 1.43 bits per heavy atom. The molecule has 0 radical (unpaired) electrons. The largest absolute Gasteiger partial charge is 0.479 e. The Balaban J connectivity index is 2.64. The maximum Gasteiger partial charge on any atom is 0.331 e. The van der Waals surface area contributed by atoms with Gasteiger partial charge >= 0.3 is 5.97 Å². The van der Waals surface area contributed by atoms with Crippen LogP contribution in [0, 0.1) is 11.3 Å². The molecule has 0 saturated heterocycles. The number of rotatable bonds is 6. The summed E-state index contributed by atoms with van der Waals surface area (Å²) in [5.74, 6) is -1.13. The van der Waals surface area contributed by atoms with Crippen molar-refractivity contribution >= 4 is 11.9 Å². The number of aromatic nitrogens is 2. The van der Waals surface area contributed by atoms with Crippen molar-refractivity contribution in [1.29, 1.82) is 0 Å². The molecule has 2 atom stereocenters. The molecule has 21 heavy (non-hydrogen) atoms. The van der Waals surface area contributed by atoms with E-state index >= 15 is 0 Å². The smallest absolute Gasteiger partial charge is 0.331 e. The van der Waals surface area contributed by atoms with Crippen LogP contribution in [-0.4, -0.2) is 26.8 Å². The van der Waals surface area contributed by atoms with Crippen molar-refractivity contribution in [2.75, 3.05) is 0 Å². The Morgan fingerprint density at radius 2 is 2.05 bits per heavy atom. The standard InChI is InChI=1S/C15H25N3O3/c1-10(7-15(2,3)4)6-12(19)17-13(14(20)21)11-8-16-18(5)9-11/h8-10,13H,6-7H2,1-5H3,(H,17,19)(H,20,21). The highest BCUT2D eigenvalue weighted by molar-refractivity contribution is 5.84. The van der Waals surface area contributed by atoms with Crippen molar-refractivity contribution in [1.82, 2.24) is 15.1 Å². The zero-order chi connectivity index (χ0) is 16.2. The number of carbonyl (C=O) groups excluding carboxylic acids is 1. The summed E-state index contributed by atoms with van der Waals surface area (Å²) in [6.07, 6.45) is 4.28. The van der Waals surface area contributed by atoms with Crippen molar-refractivity contribution in [3.63, 3.8) is 0 Å². The summed E-state index contributed by atoms with van der Waals surface area (Å²) in [5, 5.41) is 15.8. The molecule has 1 amide bonds. The third-order valence-corrected chi connectivity index (χ3v) is 3.11. The zero-order valence-corrected chi connectivity index (χ0v) is 13.4. The Morgan fingerprint density at radius 3 is 2.48 bits per heavy atom. The molecule has 2 N–H and O–H groups in total. The molecule has 0 spiro atoms. The van der Waals surface area contributed by atoms with Crippen molar-refractivity contribution in [3.8, 4) is 0 Å². The van der Waals surface area contributed by atoms with Crippen LogP contribution in [0.15, 0.2) is 12.4 Å². The van der Waals surface area contributed by atoms with Crippen LogP contribution in [0.1, 0.15) is 52.1 Å². The second kappa shape index (κ2) is 6.74. The van der Waals surface area contributed by atoms with Crippen LogP contribution in [0.5, 0.6) is 0 Å². The van der Waals surface area contributed by atoms with E-state index in [1.54, 1.807) is 13.2 Å². The van der Waals surface area contributed by atoms with Gasteiger partial charge in [0.05, 0.1) is 6.20 Å². The van der Waals surface area contributed by atoms with Crippen LogP contribution in [0.2, 0.25) is 0 Å². The summed E-state index contributed by atoms with van der Waals surface area (Å²) in [7, 11) is 1.70. The van der Waals surface area contributed by atoms with E-state index in [1.807, 2.05) is 6.92 Å². The lowest BCUT2D eigenvalue weighted by atomic mass is 9.84. The van der Waals surface area contributed by atoms with Gasteiger partial charge in [-0.3, -0.25) is 9.48 Å². The number of carboxylic acids is 1. The molecule has 1 rings (SSSR count). The molecule has 0 aliphatic heterocycles. The third-order valence-electron chi connectivity index (χ3n) is 3.11. The van der Waals surface area contributed by atoms with Gasteiger partial charge in [0.15, 0.2) is 6.04 Å². The summed E-state index contributed by atoms with van der Waals surface area (Å²) < 4.78 is 1.51. The van der Waals surface area contributed by atoms with E-state index in [2.05, 4.69) is 31.2 Å². The second-order valence-electron chi connectivity index (χ2n) is 6.86. The van der Waals surface area contributed by atoms with E-state index in [0.29, 0.717) is 12.0 Å². The van der Waals surface area contributed by atoms with Gasteiger partial charge < -0.3 is 10.4 Å². The van der Waals surface area contributed by atoms with Crippen LogP contribution in [-0.2, 0) is 16.6 Å². The summed E-state index contributed by atoms with van der Waals surface area (Å²) in [6, 6.07) is -1.05. The quantitative estimate of drug-likeness (QED) is 0.842. The number of nitrogens with zero attached hydrogens (tertiary/aromatic N) is 2. The van der Waals surface area contributed by atoms with E-state index in [4.69, 9.17) is 0 Å². The minimum atomic E-state index is -1.08. The first kappa shape index (κ1) is 17.2. The van der Waals surface area contributed by atoms with Crippen LogP contribution >= 0.6 is 0 Å². The number of nitrogens with one attached hydrogen (secondary N) is 1. The summed E-state index contributed by atoms with van der Waals surface area (Å²) in [5.41, 5.74) is 0.622. The molecule has 0 aliphatic rings. The molecular formula is C15H25N3O3. The first-order chi connectivity index (χ1) is 9.58. The highest BCUT2D eigenvalue weighted by Crippen LogP contribution is 2.26. The minimum Gasteiger partial charge on any atom is -0.479 e. The number of hydrogen-bond donors (Lipinski definition) is 2. The first-order valence-electron chi connectivity index (χ1n) is 7.09. The van der Waals surface area contributed by atoms with E-state index in [1.165, 1.54) is 10.9 Å². The van der Waals surface area contributed by atoms with Gasteiger partial charge in [-0.25, -0.2) is 4.79 Å². The molecule has 0 aliphatic carbocycles. The van der Waals surface area contributed by atoms with Gasteiger partial charge in [0.25, 0.3) is 0 Å². The average Bonchev–Trinajstić information content (AvgIpc) is 2.69. The highest BCUT2D eigenvalue weighted by Gasteiger charge is 2.25. The first-order valence-corrected chi connectivity index (χ1v) is 7.09. The predicted molar refractivity (Wildman–Crippen MR) is 79.6 cm³/mol. The molecule has 6 nitrogen and oxygen atoms in total. The van der Waals surface area contributed by atoms with Crippen molar-refractivity contribution in [2.24, 2.45) is 18.4 Å². The summed E-state index contributed by atoms with van der Waals surface area (Å²) in [4.78, 5) is 23.3. The third kappa shape index (κ3) is 5.97. The van der Waals surface area contributed by atoms with Gasteiger partial charge in [-0.05, 0) is 17.8 Å². The molecule has 0 bridgehead atoms. The lowest BCUT2D eigenvalue weighted by molar-refractivity contribution is -0.142. The van der Waals surface area contributed by atoms with Gasteiger partial charge in [0.1, 0.15) is 0 Å². The number of carbonyl (C=O) groups is 2. The lowest BCUT2D eigenvalue weighted by Gasteiger charge is -2.23. The molecule has 6 heteroatoms. The van der Waals surface area contributed by atoms with E-state index < -0.39 is 12.0 Å². The molecule has 1 heterocycles. The molecule has 118 valence electrons. The zero-order valence-electron chi connectivity index (χ0n) is 13.4. The Bertz CT molecular complexity index is 503. The number of carboxylic acid groups (broad SMARTS) is 1. The number of aryl methyl sites for hydroxylation is 1. The number of hydrogen-bond acceptors (Lipinski definition) is 3. The van der Waals surface area contributed by atoms with E-state index in [9.17, 15) is 14.7 Å². The summed E-state index contributed by atoms with van der Waals surface area (Å²) in [6.45, 7) is 8.37. The van der Waals surface area contributed by atoms with Crippen LogP contribution < -0.4 is 5.32 Å². The Hall–Kier alpha value is -1.85. The number of amides is 1. The molecule has 0 fully saturated rings. The summed E-state index contributed by atoms with van der Waals surface area (Å²) >= 11 is 0. The van der Waals surface area contributed by atoms with Crippen molar-refractivity contribution < 1.29 is 14.7 Å². The average molecular weight is 295 g/mol. The van der Waals surface area contributed by atoms with Crippen molar-refractivity contribution in [2.45, 2.75) is 46.6 Å². The molecule has 0 saturated carbocycles. The molecule has 2 unspecified atom stereocenters. The van der Waals surface area contributed by atoms with E-state index in [0.717, 1.165) is 6.42 Å². The van der Waals surface area contributed by atoms with Crippen molar-refractivity contribution in [3.05, 3.63) is 18.0 Å². The molecule has 1 aromatic rings.